The van der Waals surface area contributed by atoms with Crippen LogP contribution in [0, 0.1) is 11.3 Å². The Bertz CT molecular complexity index is 429. The number of hydrogen-bond donors (Lipinski definition) is 1. The van der Waals surface area contributed by atoms with Crippen LogP contribution >= 0.6 is 11.3 Å². The summed E-state index contributed by atoms with van der Waals surface area (Å²) in [6, 6.07) is 3.83. The Labute approximate surface area is 99.3 Å². The summed E-state index contributed by atoms with van der Waals surface area (Å²) < 4.78 is 5.97. The quantitative estimate of drug-likeness (QED) is 0.860. The Morgan fingerprint density at radius 1 is 1.62 bits per heavy atom. The lowest BCUT2D eigenvalue weighted by atomic mass is 9.87. The van der Waals surface area contributed by atoms with Gasteiger partial charge in [-0.3, -0.25) is 0 Å². The van der Waals surface area contributed by atoms with Gasteiger partial charge in [0.1, 0.15) is 22.3 Å². The molecule has 1 aliphatic rings. The molecule has 0 fully saturated rings. The molecule has 1 N–H and O–H groups in total. The van der Waals surface area contributed by atoms with Crippen molar-refractivity contribution >= 4 is 11.3 Å². The van der Waals surface area contributed by atoms with Crippen LogP contribution in [-0.4, -0.2) is 10.7 Å². The molecule has 1 aromatic heterocycles. The first-order valence-electron chi connectivity index (χ1n) is 5.55. The molecule has 4 heteroatoms. The number of ether oxygens (including phenoxy) is 1. The first-order chi connectivity index (χ1) is 7.64. The van der Waals surface area contributed by atoms with Gasteiger partial charge in [0.05, 0.1) is 11.0 Å². The summed E-state index contributed by atoms with van der Waals surface area (Å²) in [6.45, 7) is 4.14. The summed E-state index contributed by atoms with van der Waals surface area (Å²) in [5, 5.41) is 18.9. The normalized spacial score (nSPS) is 22.0. The molecule has 2 heterocycles. The number of aliphatic hydroxyl groups is 1. The van der Waals surface area contributed by atoms with Crippen molar-refractivity contribution in [3.05, 3.63) is 15.8 Å². The molecule has 0 aliphatic carbocycles. The minimum absolute atomic E-state index is 0.264. The number of hydrogen-bond acceptors (Lipinski definition) is 4. The van der Waals surface area contributed by atoms with Crippen LogP contribution in [0.4, 0.5) is 0 Å². The predicted octanol–water partition coefficient (Wildman–Crippen LogP) is 2.99. The molecular formula is C12H15NO2S. The highest BCUT2D eigenvalue weighted by Gasteiger charge is 2.39. The molecule has 16 heavy (non-hydrogen) atoms. The lowest BCUT2D eigenvalue weighted by molar-refractivity contribution is -0.0171. The SMILES string of the molecule is CCC1(CC)CC(O)c2sc(C#N)cc2O1. The fraction of sp³-hybridized carbons (Fsp3) is 0.583. The van der Waals surface area contributed by atoms with E-state index in [0.717, 1.165) is 17.7 Å². The molecule has 2 rings (SSSR count). The van der Waals surface area contributed by atoms with Crippen molar-refractivity contribution in [2.45, 2.75) is 44.8 Å². The molecule has 1 aromatic rings. The number of fused-ring (bicyclic) bond motifs is 1. The lowest BCUT2D eigenvalue weighted by Gasteiger charge is -2.38. The van der Waals surface area contributed by atoms with Crippen molar-refractivity contribution in [2.24, 2.45) is 0 Å². The summed E-state index contributed by atoms with van der Waals surface area (Å²) in [6.07, 6.45) is 1.88. The molecule has 0 aromatic carbocycles. The smallest absolute Gasteiger partial charge is 0.138 e. The van der Waals surface area contributed by atoms with Gasteiger partial charge in [-0.1, -0.05) is 13.8 Å². The lowest BCUT2D eigenvalue weighted by Crippen LogP contribution is -2.39. The van der Waals surface area contributed by atoms with Gasteiger partial charge in [0.15, 0.2) is 0 Å². The first kappa shape index (κ1) is 11.4. The second-order valence-electron chi connectivity index (χ2n) is 4.16. The molecule has 1 unspecified atom stereocenters. The van der Waals surface area contributed by atoms with E-state index >= 15 is 0 Å². The largest absolute Gasteiger partial charge is 0.486 e. The molecule has 0 bridgehead atoms. The Kier molecular flexibility index (Phi) is 2.92. The van der Waals surface area contributed by atoms with E-state index in [0.29, 0.717) is 17.0 Å². The van der Waals surface area contributed by atoms with E-state index in [4.69, 9.17) is 10.00 Å². The summed E-state index contributed by atoms with van der Waals surface area (Å²) in [5.74, 6) is 0.698. The summed E-state index contributed by atoms with van der Waals surface area (Å²) in [5.41, 5.74) is -0.264. The molecule has 0 saturated heterocycles. The zero-order chi connectivity index (χ0) is 11.8. The number of nitrogens with zero attached hydrogens (tertiary/aromatic N) is 1. The van der Waals surface area contributed by atoms with Gasteiger partial charge in [-0.25, -0.2) is 0 Å². The van der Waals surface area contributed by atoms with Crippen LogP contribution in [0.2, 0.25) is 0 Å². The van der Waals surface area contributed by atoms with Crippen LogP contribution in [0.3, 0.4) is 0 Å². The van der Waals surface area contributed by atoms with Gasteiger partial charge in [0, 0.05) is 12.5 Å². The van der Waals surface area contributed by atoms with Crippen molar-refractivity contribution in [2.75, 3.05) is 0 Å². The van der Waals surface area contributed by atoms with Gasteiger partial charge >= 0.3 is 0 Å². The monoisotopic (exact) mass is 237 g/mol. The minimum atomic E-state index is -0.490. The summed E-state index contributed by atoms with van der Waals surface area (Å²) in [4.78, 5) is 1.40. The Hall–Kier alpha value is -1.05. The standard InChI is InChI=1S/C12H15NO2S/c1-3-12(4-2)6-9(14)11-10(15-12)5-8(7-13)16-11/h5,9,14H,3-4,6H2,1-2H3. The van der Waals surface area contributed by atoms with E-state index in [1.54, 1.807) is 6.07 Å². The van der Waals surface area contributed by atoms with Gasteiger partial charge in [0.25, 0.3) is 0 Å². The van der Waals surface area contributed by atoms with Gasteiger partial charge < -0.3 is 9.84 Å². The van der Waals surface area contributed by atoms with Crippen molar-refractivity contribution in [3.8, 4) is 11.8 Å². The maximum atomic E-state index is 10.1. The second-order valence-corrected chi connectivity index (χ2v) is 5.25. The van der Waals surface area contributed by atoms with Crippen molar-refractivity contribution < 1.29 is 9.84 Å². The predicted molar refractivity (Wildman–Crippen MR) is 62.6 cm³/mol. The van der Waals surface area contributed by atoms with Crippen LogP contribution in [0.15, 0.2) is 6.07 Å². The minimum Gasteiger partial charge on any atom is -0.486 e. The van der Waals surface area contributed by atoms with Crippen LogP contribution in [0.5, 0.6) is 5.75 Å². The summed E-state index contributed by atoms with van der Waals surface area (Å²) >= 11 is 1.33. The van der Waals surface area contributed by atoms with Gasteiger partial charge in [-0.05, 0) is 12.8 Å². The highest BCUT2D eigenvalue weighted by molar-refractivity contribution is 7.13. The Morgan fingerprint density at radius 3 is 2.88 bits per heavy atom. The average Bonchev–Trinajstić information content (AvgIpc) is 2.72. The van der Waals surface area contributed by atoms with Crippen molar-refractivity contribution in [1.29, 1.82) is 5.26 Å². The molecular weight excluding hydrogens is 222 g/mol. The number of thiophene rings is 1. The third-order valence-corrected chi connectivity index (χ3v) is 4.44. The molecule has 1 atom stereocenters. The number of aliphatic hydroxyl groups excluding tert-OH is 1. The van der Waals surface area contributed by atoms with Gasteiger partial charge in [0.2, 0.25) is 0 Å². The van der Waals surface area contributed by atoms with E-state index < -0.39 is 6.10 Å². The van der Waals surface area contributed by atoms with E-state index in [1.807, 2.05) is 0 Å². The van der Waals surface area contributed by atoms with Gasteiger partial charge in [-0.2, -0.15) is 5.26 Å². The third-order valence-electron chi connectivity index (χ3n) is 3.32. The maximum absolute atomic E-state index is 10.1. The zero-order valence-corrected chi connectivity index (χ0v) is 10.3. The molecule has 0 radical (unpaired) electrons. The molecule has 3 nitrogen and oxygen atoms in total. The fourth-order valence-corrected chi connectivity index (χ4v) is 3.03. The molecule has 0 saturated carbocycles. The second kappa shape index (κ2) is 4.08. The van der Waals surface area contributed by atoms with E-state index in [2.05, 4.69) is 19.9 Å². The molecule has 86 valence electrons. The third kappa shape index (κ3) is 1.70. The highest BCUT2D eigenvalue weighted by Crippen LogP contribution is 2.46. The number of rotatable bonds is 2. The Morgan fingerprint density at radius 2 is 2.31 bits per heavy atom. The van der Waals surface area contributed by atoms with Crippen LogP contribution < -0.4 is 4.74 Å². The first-order valence-corrected chi connectivity index (χ1v) is 6.36. The van der Waals surface area contributed by atoms with E-state index in [-0.39, 0.29) is 5.60 Å². The topological polar surface area (TPSA) is 53.2 Å². The summed E-state index contributed by atoms with van der Waals surface area (Å²) in [7, 11) is 0. The van der Waals surface area contributed by atoms with Gasteiger partial charge in [-0.15, -0.1) is 11.3 Å². The highest BCUT2D eigenvalue weighted by atomic mass is 32.1. The molecule has 1 aliphatic heterocycles. The average molecular weight is 237 g/mol. The van der Waals surface area contributed by atoms with Crippen molar-refractivity contribution in [1.82, 2.24) is 0 Å². The van der Waals surface area contributed by atoms with Crippen LogP contribution in [0.1, 0.15) is 49.0 Å². The maximum Gasteiger partial charge on any atom is 0.138 e. The number of nitriles is 1. The molecule has 0 spiro atoms. The Balaban J connectivity index is 2.39. The molecule has 0 amide bonds. The zero-order valence-electron chi connectivity index (χ0n) is 9.49. The van der Waals surface area contributed by atoms with E-state index in [9.17, 15) is 5.11 Å². The van der Waals surface area contributed by atoms with Crippen LogP contribution in [-0.2, 0) is 0 Å². The van der Waals surface area contributed by atoms with E-state index in [1.165, 1.54) is 11.3 Å². The van der Waals surface area contributed by atoms with Crippen LogP contribution in [0.25, 0.3) is 0 Å². The fourth-order valence-electron chi connectivity index (χ4n) is 2.16. The van der Waals surface area contributed by atoms with Crippen molar-refractivity contribution in [3.63, 3.8) is 0 Å².